The fraction of sp³-hybridized carbons (Fsp3) is 0.240. The summed E-state index contributed by atoms with van der Waals surface area (Å²) >= 11 is 0. The number of imidazole rings is 1. The molecule has 164 valence electrons. The van der Waals surface area contributed by atoms with Crippen LogP contribution in [0.4, 0.5) is 11.5 Å². The van der Waals surface area contributed by atoms with E-state index in [1.165, 1.54) is 5.56 Å². The Labute approximate surface area is 187 Å². The molecule has 2 heterocycles. The topological polar surface area (TPSA) is 97.3 Å². The van der Waals surface area contributed by atoms with Crippen molar-refractivity contribution in [1.29, 1.82) is 0 Å². The first-order chi connectivity index (χ1) is 15.6. The van der Waals surface area contributed by atoms with Crippen LogP contribution in [0.5, 0.6) is 0 Å². The van der Waals surface area contributed by atoms with Crippen LogP contribution in [0.2, 0.25) is 0 Å². The van der Waals surface area contributed by atoms with Crippen LogP contribution in [-0.2, 0) is 0 Å². The van der Waals surface area contributed by atoms with E-state index in [-0.39, 0.29) is 5.91 Å². The molecular formula is C25H28N6O. The first-order valence-electron chi connectivity index (χ1n) is 10.8. The molecule has 0 fully saturated rings. The highest BCUT2D eigenvalue weighted by molar-refractivity contribution is 5.96. The average molecular weight is 429 g/mol. The number of nitrogens with one attached hydrogen (secondary N) is 2. The molecule has 4 aromatic rings. The zero-order chi connectivity index (χ0) is 22.5. The van der Waals surface area contributed by atoms with E-state index in [4.69, 9.17) is 5.73 Å². The number of nitrogens with zero attached hydrogens (tertiary/aromatic N) is 3. The fourth-order valence-corrected chi connectivity index (χ4v) is 3.64. The van der Waals surface area contributed by atoms with Crippen molar-refractivity contribution >= 4 is 23.1 Å². The van der Waals surface area contributed by atoms with Crippen molar-refractivity contribution in [3.05, 3.63) is 77.7 Å². The quantitative estimate of drug-likeness (QED) is 0.365. The summed E-state index contributed by atoms with van der Waals surface area (Å²) in [7, 11) is 0. The molecule has 0 aliphatic rings. The van der Waals surface area contributed by atoms with E-state index >= 15 is 0 Å². The maximum Gasteiger partial charge on any atom is 0.251 e. The van der Waals surface area contributed by atoms with Gasteiger partial charge in [0.25, 0.3) is 5.91 Å². The molecule has 0 radical (unpaired) electrons. The van der Waals surface area contributed by atoms with Crippen LogP contribution in [0.15, 0.2) is 61.1 Å². The number of anilines is 2. The maximum atomic E-state index is 12.4. The second-order valence-electron chi connectivity index (χ2n) is 7.89. The molecule has 7 nitrogen and oxygen atoms in total. The number of aromatic nitrogens is 3. The standard InChI is InChI=1S/C25H28N6O/c1-17-5-7-19(8-6-17)22-16-29-24-23(27-13-14-31(22)24)30-20-9-10-21(18(2)15-20)25(32)28-12-4-3-11-26/h5-10,13-16H,3-4,11-12,26H2,1-2H3,(H,27,30)(H,28,32). The van der Waals surface area contributed by atoms with Crippen LogP contribution >= 0.6 is 0 Å². The number of hydrogen-bond donors (Lipinski definition) is 3. The smallest absolute Gasteiger partial charge is 0.251 e. The lowest BCUT2D eigenvalue weighted by molar-refractivity contribution is 0.0952. The molecule has 0 bridgehead atoms. The molecule has 32 heavy (non-hydrogen) atoms. The normalized spacial score (nSPS) is 11.0. The third kappa shape index (κ3) is 4.63. The lowest BCUT2D eigenvalue weighted by Crippen LogP contribution is -2.25. The molecule has 2 aromatic heterocycles. The van der Waals surface area contributed by atoms with Crippen LogP contribution in [0.1, 0.15) is 34.3 Å². The molecule has 0 spiro atoms. The zero-order valence-electron chi connectivity index (χ0n) is 18.4. The number of nitrogens with two attached hydrogens (primary N) is 1. The number of unbranched alkanes of at least 4 members (excludes halogenated alkanes) is 1. The number of hydrogen-bond acceptors (Lipinski definition) is 5. The minimum atomic E-state index is -0.0673. The molecule has 0 aliphatic heterocycles. The molecule has 0 aliphatic carbocycles. The number of carbonyl (C=O) groups is 1. The number of aryl methyl sites for hydroxylation is 2. The van der Waals surface area contributed by atoms with E-state index in [9.17, 15) is 4.79 Å². The van der Waals surface area contributed by atoms with Gasteiger partial charge in [0.1, 0.15) is 0 Å². The number of carbonyl (C=O) groups excluding carboxylic acids is 1. The highest BCUT2D eigenvalue weighted by Crippen LogP contribution is 2.26. The molecule has 2 aromatic carbocycles. The van der Waals surface area contributed by atoms with E-state index in [2.05, 4.69) is 51.8 Å². The van der Waals surface area contributed by atoms with Gasteiger partial charge in [-0.05, 0) is 57.0 Å². The number of fused-ring (bicyclic) bond motifs is 1. The third-order valence-corrected chi connectivity index (χ3v) is 5.43. The van der Waals surface area contributed by atoms with Crippen molar-refractivity contribution in [2.24, 2.45) is 5.73 Å². The Hall–Kier alpha value is -3.71. The van der Waals surface area contributed by atoms with Crippen LogP contribution in [0, 0.1) is 13.8 Å². The summed E-state index contributed by atoms with van der Waals surface area (Å²) in [5.41, 5.74) is 12.0. The van der Waals surface area contributed by atoms with Crippen LogP contribution in [0.25, 0.3) is 16.9 Å². The Balaban J connectivity index is 1.54. The van der Waals surface area contributed by atoms with Crippen molar-refractivity contribution in [2.45, 2.75) is 26.7 Å². The van der Waals surface area contributed by atoms with Gasteiger partial charge in [0.2, 0.25) is 0 Å². The van der Waals surface area contributed by atoms with Gasteiger partial charge in [0.15, 0.2) is 11.5 Å². The van der Waals surface area contributed by atoms with Crippen molar-refractivity contribution < 1.29 is 4.79 Å². The summed E-state index contributed by atoms with van der Waals surface area (Å²) in [6, 6.07) is 14.0. The second kappa shape index (κ2) is 9.62. The van der Waals surface area contributed by atoms with Crippen molar-refractivity contribution in [2.75, 3.05) is 18.4 Å². The van der Waals surface area contributed by atoms with Crippen LogP contribution in [0.3, 0.4) is 0 Å². The van der Waals surface area contributed by atoms with E-state index in [1.54, 1.807) is 6.20 Å². The molecule has 0 saturated carbocycles. The van der Waals surface area contributed by atoms with E-state index < -0.39 is 0 Å². The monoisotopic (exact) mass is 428 g/mol. The van der Waals surface area contributed by atoms with Gasteiger partial charge >= 0.3 is 0 Å². The van der Waals surface area contributed by atoms with Gasteiger partial charge in [-0.1, -0.05) is 29.8 Å². The lowest BCUT2D eigenvalue weighted by atomic mass is 10.1. The molecule has 0 saturated heterocycles. The van der Waals surface area contributed by atoms with Crippen molar-refractivity contribution in [3.8, 4) is 11.3 Å². The summed E-state index contributed by atoms with van der Waals surface area (Å²) in [6.45, 7) is 5.27. The van der Waals surface area contributed by atoms with Crippen LogP contribution in [-0.4, -0.2) is 33.4 Å². The summed E-state index contributed by atoms with van der Waals surface area (Å²) in [4.78, 5) is 21.5. The van der Waals surface area contributed by atoms with Crippen molar-refractivity contribution in [1.82, 2.24) is 19.7 Å². The number of amides is 1. The van der Waals surface area contributed by atoms with Gasteiger partial charge in [-0.25, -0.2) is 9.97 Å². The average Bonchev–Trinajstić information content (AvgIpc) is 3.22. The van der Waals surface area contributed by atoms with E-state index in [0.29, 0.717) is 24.5 Å². The summed E-state index contributed by atoms with van der Waals surface area (Å²) in [5, 5.41) is 6.30. The zero-order valence-corrected chi connectivity index (χ0v) is 18.4. The molecule has 4 N–H and O–H groups in total. The molecule has 7 heteroatoms. The minimum Gasteiger partial charge on any atom is -0.352 e. The predicted molar refractivity (Wildman–Crippen MR) is 128 cm³/mol. The second-order valence-corrected chi connectivity index (χ2v) is 7.89. The van der Waals surface area contributed by atoms with Crippen LogP contribution < -0.4 is 16.4 Å². The lowest BCUT2D eigenvalue weighted by Gasteiger charge is -2.11. The predicted octanol–water partition coefficient (Wildman–Crippen LogP) is 4.23. The minimum absolute atomic E-state index is 0.0673. The Kier molecular flexibility index (Phi) is 6.47. The van der Waals surface area contributed by atoms with E-state index in [1.807, 2.05) is 41.9 Å². The van der Waals surface area contributed by atoms with Crippen molar-refractivity contribution in [3.63, 3.8) is 0 Å². The summed E-state index contributed by atoms with van der Waals surface area (Å²) in [6.07, 6.45) is 7.30. The number of rotatable bonds is 8. The third-order valence-electron chi connectivity index (χ3n) is 5.43. The van der Waals surface area contributed by atoms with Gasteiger partial charge in [0, 0.05) is 35.8 Å². The fourth-order valence-electron chi connectivity index (χ4n) is 3.64. The summed E-state index contributed by atoms with van der Waals surface area (Å²) in [5.74, 6) is 0.589. The summed E-state index contributed by atoms with van der Waals surface area (Å²) < 4.78 is 2.02. The Bertz CT molecular complexity index is 1230. The van der Waals surface area contributed by atoms with Gasteiger partial charge < -0.3 is 16.4 Å². The van der Waals surface area contributed by atoms with Gasteiger partial charge in [-0.3, -0.25) is 9.20 Å². The Morgan fingerprint density at radius 1 is 1.06 bits per heavy atom. The van der Waals surface area contributed by atoms with E-state index in [0.717, 1.165) is 41.0 Å². The molecular weight excluding hydrogens is 400 g/mol. The molecule has 1 amide bonds. The molecule has 0 unspecified atom stereocenters. The highest BCUT2D eigenvalue weighted by atomic mass is 16.1. The SMILES string of the molecule is Cc1ccc(-c2cnc3c(Nc4ccc(C(=O)NCCCCN)c(C)c4)nccn23)cc1. The number of benzene rings is 2. The maximum absolute atomic E-state index is 12.4. The Morgan fingerprint density at radius 3 is 2.62 bits per heavy atom. The highest BCUT2D eigenvalue weighted by Gasteiger charge is 2.13. The van der Waals surface area contributed by atoms with Gasteiger partial charge in [-0.2, -0.15) is 0 Å². The Morgan fingerprint density at radius 2 is 1.88 bits per heavy atom. The first-order valence-corrected chi connectivity index (χ1v) is 10.8. The molecule has 4 rings (SSSR count). The van der Waals surface area contributed by atoms with Gasteiger partial charge in [-0.15, -0.1) is 0 Å². The first kappa shape index (κ1) is 21.5. The van der Waals surface area contributed by atoms with Gasteiger partial charge in [0.05, 0.1) is 11.9 Å². The molecule has 0 atom stereocenters. The largest absolute Gasteiger partial charge is 0.352 e.